The summed E-state index contributed by atoms with van der Waals surface area (Å²) in [5.41, 5.74) is 2.68. The van der Waals surface area contributed by atoms with Gasteiger partial charge in [0, 0.05) is 23.7 Å². The number of carbonyl (C=O) groups excluding carboxylic acids is 3. The lowest BCUT2D eigenvalue weighted by Gasteiger charge is -2.19. The van der Waals surface area contributed by atoms with Gasteiger partial charge >= 0.3 is 5.97 Å². The van der Waals surface area contributed by atoms with E-state index in [2.05, 4.69) is 10.6 Å². The molecule has 0 spiro atoms. The van der Waals surface area contributed by atoms with Crippen molar-refractivity contribution in [2.75, 3.05) is 11.9 Å². The number of esters is 1. The summed E-state index contributed by atoms with van der Waals surface area (Å²) in [6.07, 6.45) is 8.20. The third-order valence-corrected chi connectivity index (χ3v) is 5.76. The smallest absolute Gasteiger partial charge is 0.328 e. The minimum Gasteiger partial charge on any atom is -0.464 e. The molecule has 2 N–H and O–H groups in total. The van der Waals surface area contributed by atoms with Gasteiger partial charge in [0.25, 0.3) is 5.91 Å². The van der Waals surface area contributed by atoms with Gasteiger partial charge in [-0.3, -0.25) is 4.79 Å². The van der Waals surface area contributed by atoms with Crippen LogP contribution < -0.4 is 10.6 Å². The Morgan fingerprint density at radius 2 is 1.77 bits per heavy atom. The first-order valence-electron chi connectivity index (χ1n) is 12.3. The fourth-order valence-corrected chi connectivity index (χ4v) is 3.69. The SMILES string of the molecule is CCOC(=O)C(CCCCCC=O)Nc1ccc(/C(=C/c2ccc(F)cc2)C(=O)NC2CC2)cc1. The first-order valence-corrected chi connectivity index (χ1v) is 12.3. The highest BCUT2D eigenvalue weighted by atomic mass is 19.1. The summed E-state index contributed by atoms with van der Waals surface area (Å²) < 4.78 is 18.5. The van der Waals surface area contributed by atoms with Gasteiger partial charge in [0.15, 0.2) is 0 Å². The predicted octanol–water partition coefficient (Wildman–Crippen LogP) is 5.14. The van der Waals surface area contributed by atoms with E-state index in [4.69, 9.17) is 4.74 Å². The van der Waals surface area contributed by atoms with E-state index in [-0.39, 0.29) is 23.7 Å². The second kappa shape index (κ2) is 13.4. The molecule has 6 nitrogen and oxygen atoms in total. The van der Waals surface area contributed by atoms with Crippen molar-refractivity contribution in [2.45, 2.75) is 64.0 Å². The van der Waals surface area contributed by atoms with Crippen molar-refractivity contribution >= 4 is 35.5 Å². The number of hydrogen-bond donors (Lipinski definition) is 2. The first kappa shape index (κ1) is 26.1. The zero-order valence-corrected chi connectivity index (χ0v) is 20.1. The molecular weight excluding hydrogens is 447 g/mol. The molecule has 1 unspecified atom stereocenters. The van der Waals surface area contributed by atoms with Gasteiger partial charge in [-0.1, -0.05) is 37.1 Å². The van der Waals surface area contributed by atoms with Gasteiger partial charge in [-0.15, -0.1) is 0 Å². The van der Waals surface area contributed by atoms with E-state index in [0.29, 0.717) is 25.0 Å². The Morgan fingerprint density at radius 1 is 1.06 bits per heavy atom. The predicted molar refractivity (Wildman–Crippen MR) is 135 cm³/mol. The van der Waals surface area contributed by atoms with Crippen LogP contribution in [0.1, 0.15) is 63.0 Å². The molecule has 1 aliphatic carbocycles. The van der Waals surface area contributed by atoms with Crippen molar-refractivity contribution in [3.8, 4) is 0 Å². The quantitative estimate of drug-likeness (QED) is 0.129. The molecule has 0 radical (unpaired) electrons. The number of rotatable bonds is 14. The minimum absolute atomic E-state index is 0.169. The molecule has 1 fully saturated rings. The Bertz CT molecular complexity index is 1010. The van der Waals surface area contributed by atoms with Gasteiger partial charge in [-0.2, -0.15) is 0 Å². The molecule has 7 heteroatoms. The largest absolute Gasteiger partial charge is 0.464 e. The van der Waals surface area contributed by atoms with Crippen molar-refractivity contribution in [1.82, 2.24) is 5.32 Å². The standard InChI is InChI=1S/C28H33FN2O4/c1-2-35-28(34)26(7-5-3-4-6-18-32)30-23-14-10-21(11-15-23)25(27(33)31-24-16-17-24)19-20-8-12-22(29)13-9-20/h8-15,18-19,24,26,30H,2-7,16-17H2,1H3,(H,31,33)/b25-19-. The average molecular weight is 481 g/mol. The van der Waals surface area contributed by atoms with Crippen molar-refractivity contribution < 1.29 is 23.5 Å². The fourth-order valence-electron chi connectivity index (χ4n) is 3.69. The minimum atomic E-state index is -0.496. The Labute approximate surface area is 205 Å². The van der Waals surface area contributed by atoms with E-state index in [1.165, 1.54) is 12.1 Å². The normalized spacial score (nSPS) is 14.2. The summed E-state index contributed by atoms with van der Waals surface area (Å²) in [6.45, 7) is 2.07. The monoisotopic (exact) mass is 480 g/mol. The van der Waals surface area contributed by atoms with E-state index in [1.54, 1.807) is 25.1 Å². The molecule has 1 aliphatic rings. The number of unbranched alkanes of at least 4 members (excludes halogenated alkanes) is 3. The number of anilines is 1. The van der Waals surface area contributed by atoms with Crippen LogP contribution >= 0.6 is 0 Å². The molecule has 0 heterocycles. The first-order chi connectivity index (χ1) is 17.0. The molecule has 1 saturated carbocycles. The molecule has 0 aliphatic heterocycles. The van der Waals surface area contributed by atoms with Gasteiger partial charge in [-0.25, -0.2) is 9.18 Å². The van der Waals surface area contributed by atoms with Crippen molar-refractivity contribution in [3.05, 3.63) is 65.5 Å². The third kappa shape index (κ3) is 8.67. The topological polar surface area (TPSA) is 84.5 Å². The van der Waals surface area contributed by atoms with Gasteiger partial charge < -0.3 is 20.2 Å². The van der Waals surface area contributed by atoms with Crippen molar-refractivity contribution in [2.24, 2.45) is 0 Å². The van der Waals surface area contributed by atoms with Crippen LogP contribution in [0.4, 0.5) is 10.1 Å². The van der Waals surface area contributed by atoms with Crippen LogP contribution in [0, 0.1) is 5.82 Å². The summed E-state index contributed by atoms with van der Waals surface area (Å²) >= 11 is 0. The Morgan fingerprint density at radius 3 is 2.40 bits per heavy atom. The van der Waals surface area contributed by atoms with E-state index >= 15 is 0 Å². The van der Waals surface area contributed by atoms with Crippen LogP contribution in [0.3, 0.4) is 0 Å². The van der Waals surface area contributed by atoms with Crippen LogP contribution in [-0.4, -0.2) is 36.9 Å². The lowest BCUT2D eigenvalue weighted by molar-refractivity contribution is -0.144. The average Bonchev–Trinajstić information content (AvgIpc) is 3.67. The molecule has 0 aromatic heterocycles. The van der Waals surface area contributed by atoms with Crippen LogP contribution in [0.25, 0.3) is 11.6 Å². The van der Waals surface area contributed by atoms with Crippen molar-refractivity contribution in [3.63, 3.8) is 0 Å². The van der Waals surface area contributed by atoms with Gasteiger partial charge in [0.2, 0.25) is 0 Å². The maximum atomic E-state index is 13.3. The summed E-state index contributed by atoms with van der Waals surface area (Å²) in [7, 11) is 0. The van der Waals surface area contributed by atoms with Crippen LogP contribution in [-0.2, 0) is 19.1 Å². The molecule has 3 rings (SSSR count). The highest BCUT2D eigenvalue weighted by Gasteiger charge is 2.25. The molecule has 0 saturated heterocycles. The number of amides is 1. The third-order valence-electron chi connectivity index (χ3n) is 5.76. The van der Waals surface area contributed by atoms with E-state index in [1.807, 2.05) is 24.3 Å². The number of carbonyl (C=O) groups is 3. The summed E-state index contributed by atoms with van der Waals surface area (Å²) in [5.74, 6) is -0.814. The zero-order chi connectivity index (χ0) is 25.0. The molecule has 35 heavy (non-hydrogen) atoms. The lowest BCUT2D eigenvalue weighted by Crippen LogP contribution is -2.31. The van der Waals surface area contributed by atoms with Gasteiger partial charge in [-0.05, 0) is 74.1 Å². The van der Waals surface area contributed by atoms with Gasteiger partial charge in [0.1, 0.15) is 18.1 Å². The molecule has 2 aromatic carbocycles. The van der Waals surface area contributed by atoms with E-state index < -0.39 is 6.04 Å². The number of nitrogens with one attached hydrogen (secondary N) is 2. The molecule has 186 valence electrons. The highest BCUT2D eigenvalue weighted by molar-refractivity contribution is 6.24. The highest BCUT2D eigenvalue weighted by Crippen LogP contribution is 2.25. The van der Waals surface area contributed by atoms with Gasteiger partial charge in [0.05, 0.1) is 6.61 Å². The number of aldehydes is 1. The number of hydrogen-bond acceptors (Lipinski definition) is 5. The second-order valence-electron chi connectivity index (χ2n) is 8.69. The Kier molecular flexibility index (Phi) is 10.0. The van der Waals surface area contributed by atoms with Crippen molar-refractivity contribution in [1.29, 1.82) is 0 Å². The second-order valence-corrected chi connectivity index (χ2v) is 8.69. The Balaban J connectivity index is 1.74. The molecule has 2 aromatic rings. The van der Waals surface area contributed by atoms with Crippen LogP contribution in [0.15, 0.2) is 48.5 Å². The summed E-state index contributed by atoms with van der Waals surface area (Å²) in [4.78, 5) is 35.9. The maximum Gasteiger partial charge on any atom is 0.328 e. The van der Waals surface area contributed by atoms with E-state index in [0.717, 1.165) is 55.2 Å². The number of ether oxygens (including phenoxy) is 1. The number of halogens is 1. The summed E-state index contributed by atoms with van der Waals surface area (Å²) in [5, 5.41) is 6.26. The lowest BCUT2D eigenvalue weighted by atomic mass is 10.0. The molecule has 1 amide bonds. The van der Waals surface area contributed by atoms with Crippen LogP contribution in [0.2, 0.25) is 0 Å². The van der Waals surface area contributed by atoms with E-state index in [9.17, 15) is 18.8 Å². The molecule has 1 atom stereocenters. The fraction of sp³-hybridized carbons (Fsp3) is 0.393. The zero-order valence-electron chi connectivity index (χ0n) is 20.1. The molecular formula is C28H33FN2O4. The Hall–Kier alpha value is -3.48. The number of benzene rings is 2. The van der Waals surface area contributed by atoms with Crippen LogP contribution in [0.5, 0.6) is 0 Å². The maximum absolute atomic E-state index is 13.3. The summed E-state index contributed by atoms with van der Waals surface area (Å²) in [6, 6.07) is 13.0. The molecule has 0 bridgehead atoms.